The summed E-state index contributed by atoms with van der Waals surface area (Å²) in [6, 6.07) is 3.38. The third kappa shape index (κ3) is 1.90. The Labute approximate surface area is 99.0 Å². The number of rotatable bonds is 2. The molecule has 17 heavy (non-hydrogen) atoms. The number of alkyl halides is 2. The summed E-state index contributed by atoms with van der Waals surface area (Å²) in [5, 5.41) is 3.34. The van der Waals surface area contributed by atoms with Gasteiger partial charge in [-0.1, -0.05) is 0 Å². The molecule has 2 heterocycles. The van der Waals surface area contributed by atoms with Gasteiger partial charge in [0.05, 0.1) is 6.61 Å². The molecule has 0 amide bonds. The summed E-state index contributed by atoms with van der Waals surface area (Å²) in [5.41, 5.74) is 1.98. The lowest BCUT2D eigenvalue weighted by Gasteiger charge is -2.16. The second-order valence-electron chi connectivity index (χ2n) is 4.65. The molecule has 1 saturated heterocycles. The molecule has 0 aliphatic carbocycles. The summed E-state index contributed by atoms with van der Waals surface area (Å²) in [4.78, 5) is 0. The van der Waals surface area contributed by atoms with Gasteiger partial charge in [0.15, 0.2) is 0 Å². The van der Waals surface area contributed by atoms with Gasteiger partial charge in [0.25, 0.3) is 6.43 Å². The van der Waals surface area contributed by atoms with E-state index < -0.39 is 6.43 Å². The van der Waals surface area contributed by atoms with Gasteiger partial charge in [-0.15, -0.1) is 0 Å². The van der Waals surface area contributed by atoms with Crippen LogP contribution in [0.5, 0.6) is 5.75 Å². The molecule has 0 bridgehead atoms. The van der Waals surface area contributed by atoms with Crippen molar-refractivity contribution in [1.82, 2.24) is 5.32 Å². The minimum atomic E-state index is -2.40. The Kier molecular flexibility index (Phi) is 2.74. The molecule has 2 nitrogen and oxygen atoms in total. The number of benzene rings is 1. The average Bonchev–Trinajstić information content (AvgIpc) is 2.98. The molecular formula is C13H15F2NO. The lowest BCUT2D eigenvalue weighted by atomic mass is 9.97. The van der Waals surface area contributed by atoms with Gasteiger partial charge in [-0.25, -0.2) is 8.78 Å². The molecule has 4 heteroatoms. The fraction of sp³-hybridized carbons (Fsp3) is 0.538. The van der Waals surface area contributed by atoms with Gasteiger partial charge in [0, 0.05) is 23.6 Å². The number of fused-ring (bicyclic) bond motifs is 1. The average molecular weight is 239 g/mol. The molecule has 1 N–H and O–H groups in total. The van der Waals surface area contributed by atoms with Crippen LogP contribution in [0.4, 0.5) is 8.78 Å². The summed E-state index contributed by atoms with van der Waals surface area (Å²) in [6.07, 6.45) is 0.442. The van der Waals surface area contributed by atoms with Crippen LogP contribution in [0.2, 0.25) is 0 Å². The molecule has 3 rings (SSSR count). The van der Waals surface area contributed by atoms with E-state index >= 15 is 0 Å². The smallest absolute Gasteiger partial charge is 0.263 e. The first-order chi connectivity index (χ1) is 8.25. The van der Waals surface area contributed by atoms with Crippen molar-refractivity contribution in [1.29, 1.82) is 0 Å². The molecule has 1 aromatic rings. The van der Waals surface area contributed by atoms with Crippen molar-refractivity contribution in [3.63, 3.8) is 0 Å². The quantitative estimate of drug-likeness (QED) is 0.856. The van der Waals surface area contributed by atoms with Crippen molar-refractivity contribution in [3.05, 3.63) is 28.8 Å². The molecule has 0 radical (unpaired) electrons. The van der Waals surface area contributed by atoms with Gasteiger partial charge in [-0.3, -0.25) is 0 Å². The summed E-state index contributed by atoms with van der Waals surface area (Å²) >= 11 is 0. The van der Waals surface area contributed by atoms with Crippen LogP contribution in [0.3, 0.4) is 0 Å². The zero-order valence-corrected chi connectivity index (χ0v) is 9.51. The highest BCUT2D eigenvalue weighted by atomic mass is 19.3. The second-order valence-corrected chi connectivity index (χ2v) is 4.65. The van der Waals surface area contributed by atoms with Gasteiger partial charge in [0.2, 0.25) is 0 Å². The van der Waals surface area contributed by atoms with Crippen molar-refractivity contribution in [2.75, 3.05) is 13.2 Å². The monoisotopic (exact) mass is 239 g/mol. The first-order valence-corrected chi connectivity index (χ1v) is 6.07. The Bertz CT molecular complexity index is 428. The molecule has 92 valence electrons. The molecule has 2 aliphatic heterocycles. The van der Waals surface area contributed by atoms with Gasteiger partial charge in [0.1, 0.15) is 5.75 Å². The van der Waals surface area contributed by atoms with E-state index in [4.69, 9.17) is 4.74 Å². The van der Waals surface area contributed by atoms with Gasteiger partial charge >= 0.3 is 0 Å². The van der Waals surface area contributed by atoms with E-state index in [2.05, 4.69) is 5.32 Å². The van der Waals surface area contributed by atoms with E-state index in [0.717, 1.165) is 42.7 Å². The lowest BCUT2D eigenvalue weighted by molar-refractivity contribution is 0.151. The number of nitrogens with one attached hydrogen (secondary N) is 1. The molecule has 1 aromatic carbocycles. The summed E-state index contributed by atoms with van der Waals surface area (Å²) in [6.45, 7) is 1.57. The van der Waals surface area contributed by atoms with Crippen molar-refractivity contribution in [2.45, 2.75) is 31.7 Å². The Balaban J connectivity index is 2.05. The zero-order chi connectivity index (χ0) is 11.8. The van der Waals surface area contributed by atoms with Crippen LogP contribution in [-0.2, 0) is 6.42 Å². The molecule has 1 fully saturated rings. The second kappa shape index (κ2) is 4.26. The molecule has 2 aliphatic rings. The Morgan fingerprint density at radius 1 is 1.35 bits per heavy atom. The van der Waals surface area contributed by atoms with Crippen LogP contribution >= 0.6 is 0 Å². The zero-order valence-electron chi connectivity index (χ0n) is 9.51. The molecule has 0 unspecified atom stereocenters. The number of halogens is 2. The predicted molar refractivity (Wildman–Crippen MR) is 60.6 cm³/mol. The van der Waals surface area contributed by atoms with E-state index in [9.17, 15) is 8.78 Å². The normalized spacial score (nSPS) is 22.9. The maximum atomic E-state index is 12.8. The highest BCUT2D eigenvalue weighted by Crippen LogP contribution is 2.39. The Hall–Kier alpha value is -1.16. The third-order valence-corrected chi connectivity index (χ3v) is 3.52. The van der Waals surface area contributed by atoms with Crippen molar-refractivity contribution < 1.29 is 13.5 Å². The van der Waals surface area contributed by atoms with Gasteiger partial charge in [-0.2, -0.15) is 0 Å². The number of hydrogen-bond acceptors (Lipinski definition) is 2. The highest BCUT2D eigenvalue weighted by Gasteiger charge is 2.26. The van der Waals surface area contributed by atoms with Crippen LogP contribution in [0.25, 0.3) is 0 Å². The summed E-state index contributed by atoms with van der Waals surface area (Å²) < 4.78 is 31.3. The first-order valence-electron chi connectivity index (χ1n) is 6.07. The van der Waals surface area contributed by atoms with Crippen LogP contribution in [-0.4, -0.2) is 13.2 Å². The Morgan fingerprint density at radius 2 is 2.24 bits per heavy atom. The van der Waals surface area contributed by atoms with Crippen molar-refractivity contribution in [2.24, 2.45) is 0 Å². The van der Waals surface area contributed by atoms with Gasteiger partial charge in [-0.05, 0) is 37.1 Å². The molecular weight excluding hydrogens is 224 g/mol. The largest absolute Gasteiger partial charge is 0.493 e. The molecule has 0 spiro atoms. The van der Waals surface area contributed by atoms with Crippen molar-refractivity contribution >= 4 is 0 Å². The molecule has 0 saturated carbocycles. The minimum absolute atomic E-state index is 0.123. The molecule has 1 atom stereocenters. The van der Waals surface area contributed by atoms with Crippen LogP contribution in [0.1, 0.15) is 42.0 Å². The predicted octanol–water partition coefficient (Wildman–Crippen LogP) is 2.98. The van der Waals surface area contributed by atoms with E-state index in [0.29, 0.717) is 6.61 Å². The lowest BCUT2D eigenvalue weighted by Crippen LogP contribution is -2.14. The first kappa shape index (κ1) is 11.0. The van der Waals surface area contributed by atoms with E-state index in [1.54, 1.807) is 12.1 Å². The van der Waals surface area contributed by atoms with Crippen LogP contribution in [0, 0.1) is 0 Å². The van der Waals surface area contributed by atoms with E-state index in [1.165, 1.54) is 0 Å². The van der Waals surface area contributed by atoms with Crippen LogP contribution in [0.15, 0.2) is 12.1 Å². The van der Waals surface area contributed by atoms with E-state index in [-0.39, 0.29) is 11.6 Å². The maximum Gasteiger partial charge on any atom is 0.263 e. The fourth-order valence-corrected chi connectivity index (χ4v) is 2.70. The topological polar surface area (TPSA) is 21.3 Å². The Morgan fingerprint density at radius 3 is 2.94 bits per heavy atom. The standard InChI is InChI=1S/C13H15F2NO/c14-13(15)9-6-8-3-5-17-12(8)10(7-9)11-2-1-4-16-11/h6-7,11,13,16H,1-5H2/t11-/m0/s1. The van der Waals surface area contributed by atoms with E-state index in [1.807, 2.05) is 0 Å². The van der Waals surface area contributed by atoms with Crippen LogP contribution < -0.4 is 10.1 Å². The summed E-state index contributed by atoms with van der Waals surface area (Å²) in [5.74, 6) is 0.841. The number of ether oxygens (including phenoxy) is 1. The van der Waals surface area contributed by atoms with Gasteiger partial charge < -0.3 is 10.1 Å². The molecule has 0 aromatic heterocycles. The van der Waals surface area contributed by atoms with Crippen molar-refractivity contribution in [3.8, 4) is 5.75 Å². The summed E-state index contributed by atoms with van der Waals surface area (Å²) in [7, 11) is 0. The highest BCUT2D eigenvalue weighted by molar-refractivity contribution is 5.49. The number of hydrogen-bond donors (Lipinski definition) is 1. The third-order valence-electron chi connectivity index (χ3n) is 3.52. The minimum Gasteiger partial charge on any atom is -0.493 e. The SMILES string of the molecule is FC(F)c1cc2c(c([C@@H]3CCCN3)c1)OCC2. The fourth-order valence-electron chi connectivity index (χ4n) is 2.70. The maximum absolute atomic E-state index is 12.8.